The van der Waals surface area contributed by atoms with Crippen LogP contribution in [-0.4, -0.2) is 11.0 Å². The van der Waals surface area contributed by atoms with Crippen LogP contribution in [0.2, 0.25) is 0 Å². The van der Waals surface area contributed by atoms with E-state index in [4.69, 9.17) is 4.74 Å². The second-order valence-corrected chi connectivity index (χ2v) is 6.27. The zero-order valence-electron chi connectivity index (χ0n) is 15.2. The quantitative estimate of drug-likeness (QED) is 0.438. The average molecular weight is 345 g/mol. The lowest BCUT2D eigenvalue weighted by Gasteiger charge is -2.07. The Labute approximate surface area is 154 Å². The summed E-state index contributed by atoms with van der Waals surface area (Å²) >= 11 is 0. The second kappa shape index (κ2) is 8.43. The van der Waals surface area contributed by atoms with Crippen LogP contribution >= 0.6 is 0 Å². The van der Waals surface area contributed by atoms with Gasteiger partial charge in [-0.15, -0.1) is 0 Å². The zero-order valence-corrected chi connectivity index (χ0v) is 15.2. The van der Waals surface area contributed by atoms with Crippen LogP contribution in [0.25, 0.3) is 11.3 Å². The molecule has 0 bridgehead atoms. The highest BCUT2D eigenvalue weighted by Crippen LogP contribution is 2.20. The van der Waals surface area contributed by atoms with Gasteiger partial charge in [-0.2, -0.15) is 0 Å². The number of pyridine rings is 1. The first kappa shape index (κ1) is 17.9. The predicted octanol–water partition coefficient (Wildman–Crippen LogP) is 5.48. The van der Waals surface area contributed by atoms with Crippen molar-refractivity contribution in [2.75, 3.05) is 0 Å². The van der Waals surface area contributed by atoms with Gasteiger partial charge in [-0.1, -0.05) is 50.6 Å². The molecule has 3 aromatic rings. The van der Waals surface area contributed by atoms with Crippen molar-refractivity contribution in [2.24, 2.45) is 0 Å². The first-order chi connectivity index (χ1) is 12.7. The van der Waals surface area contributed by atoms with Crippen molar-refractivity contribution >= 4 is 5.97 Å². The average Bonchev–Trinajstić information content (AvgIpc) is 2.69. The molecule has 0 fully saturated rings. The van der Waals surface area contributed by atoms with Gasteiger partial charge in [0.1, 0.15) is 5.75 Å². The lowest BCUT2D eigenvalue weighted by Crippen LogP contribution is -2.08. The Morgan fingerprint density at radius 2 is 1.58 bits per heavy atom. The maximum atomic E-state index is 12.3. The SMILES string of the molecule is CCCc1ccc(-c2ccc(C(=O)Oc3ccc(CC)cc3)cc2)nc1. The van der Waals surface area contributed by atoms with Gasteiger partial charge in [0.25, 0.3) is 0 Å². The lowest BCUT2D eigenvalue weighted by atomic mass is 10.1. The van der Waals surface area contributed by atoms with Gasteiger partial charge in [0.05, 0.1) is 11.3 Å². The molecule has 0 N–H and O–H groups in total. The highest BCUT2D eigenvalue weighted by Gasteiger charge is 2.09. The minimum atomic E-state index is -0.355. The van der Waals surface area contributed by atoms with Gasteiger partial charge in [0.15, 0.2) is 0 Å². The largest absolute Gasteiger partial charge is 0.423 e. The van der Waals surface area contributed by atoms with Crippen LogP contribution in [-0.2, 0) is 12.8 Å². The molecule has 3 heteroatoms. The minimum absolute atomic E-state index is 0.355. The maximum Gasteiger partial charge on any atom is 0.343 e. The highest BCUT2D eigenvalue weighted by molar-refractivity contribution is 5.91. The summed E-state index contributed by atoms with van der Waals surface area (Å²) < 4.78 is 5.43. The van der Waals surface area contributed by atoms with Crippen molar-refractivity contribution in [3.63, 3.8) is 0 Å². The van der Waals surface area contributed by atoms with Crippen molar-refractivity contribution in [3.05, 3.63) is 83.6 Å². The molecule has 132 valence electrons. The molecular weight excluding hydrogens is 322 g/mol. The number of esters is 1. The van der Waals surface area contributed by atoms with Crippen LogP contribution in [0.3, 0.4) is 0 Å². The van der Waals surface area contributed by atoms with E-state index >= 15 is 0 Å². The molecule has 3 nitrogen and oxygen atoms in total. The van der Waals surface area contributed by atoms with E-state index in [0.717, 1.165) is 30.5 Å². The van der Waals surface area contributed by atoms with Crippen LogP contribution < -0.4 is 4.74 Å². The number of nitrogens with zero attached hydrogens (tertiary/aromatic N) is 1. The molecule has 2 aromatic carbocycles. The molecule has 0 radical (unpaired) electrons. The standard InChI is InChI=1S/C23H23NO2/c1-3-5-18-8-15-22(24-16-18)19-9-11-20(12-10-19)23(25)26-21-13-6-17(4-2)7-14-21/h6-16H,3-5H2,1-2H3. The van der Waals surface area contributed by atoms with E-state index in [2.05, 4.69) is 24.9 Å². The van der Waals surface area contributed by atoms with Crippen molar-refractivity contribution in [3.8, 4) is 17.0 Å². The van der Waals surface area contributed by atoms with E-state index < -0.39 is 0 Å². The topological polar surface area (TPSA) is 39.2 Å². The van der Waals surface area contributed by atoms with Gasteiger partial charge >= 0.3 is 5.97 Å². The van der Waals surface area contributed by atoms with Gasteiger partial charge in [0.2, 0.25) is 0 Å². The lowest BCUT2D eigenvalue weighted by molar-refractivity contribution is 0.0735. The molecule has 26 heavy (non-hydrogen) atoms. The van der Waals surface area contributed by atoms with Crippen molar-refractivity contribution in [1.82, 2.24) is 4.98 Å². The van der Waals surface area contributed by atoms with Crippen molar-refractivity contribution in [1.29, 1.82) is 0 Å². The molecule has 1 aromatic heterocycles. The van der Waals surface area contributed by atoms with Gasteiger partial charge in [-0.3, -0.25) is 4.98 Å². The summed E-state index contributed by atoms with van der Waals surface area (Å²) in [5.41, 5.74) is 4.87. The number of carbonyl (C=O) groups is 1. The number of hydrogen-bond acceptors (Lipinski definition) is 3. The summed E-state index contributed by atoms with van der Waals surface area (Å²) in [5.74, 6) is 0.205. The van der Waals surface area contributed by atoms with E-state index in [9.17, 15) is 4.79 Å². The molecule has 0 spiro atoms. The fourth-order valence-corrected chi connectivity index (χ4v) is 2.77. The third-order valence-corrected chi connectivity index (χ3v) is 4.32. The molecule has 3 rings (SSSR count). The molecule has 1 heterocycles. The number of aromatic nitrogens is 1. The Hall–Kier alpha value is -2.94. The first-order valence-corrected chi connectivity index (χ1v) is 9.06. The number of hydrogen-bond donors (Lipinski definition) is 0. The molecule has 0 amide bonds. The fourth-order valence-electron chi connectivity index (χ4n) is 2.77. The van der Waals surface area contributed by atoms with Crippen molar-refractivity contribution < 1.29 is 9.53 Å². The van der Waals surface area contributed by atoms with Crippen LogP contribution in [0.5, 0.6) is 5.75 Å². The summed E-state index contributed by atoms with van der Waals surface area (Å²) in [6, 6.07) is 19.1. The molecule has 0 aliphatic rings. The maximum absolute atomic E-state index is 12.3. The van der Waals surface area contributed by atoms with Crippen LogP contribution in [0.15, 0.2) is 66.9 Å². The molecule has 0 saturated heterocycles. The van der Waals surface area contributed by atoms with Crippen LogP contribution in [0, 0.1) is 0 Å². The third-order valence-electron chi connectivity index (χ3n) is 4.32. The summed E-state index contributed by atoms with van der Waals surface area (Å²) in [6.45, 7) is 4.25. The van der Waals surface area contributed by atoms with Crippen LogP contribution in [0.4, 0.5) is 0 Å². The zero-order chi connectivity index (χ0) is 18.4. The Balaban J connectivity index is 1.68. The van der Waals surface area contributed by atoms with E-state index in [1.54, 1.807) is 12.1 Å². The minimum Gasteiger partial charge on any atom is -0.423 e. The summed E-state index contributed by atoms with van der Waals surface area (Å²) in [6.07, 6.45) is 5.03. The van der Waals surface area contributed by atoms with Crippen LogP contribution in [0.1, 0.15) is 41.8 Å². The first-order valence-electron chi connectivity index (χ1n) is 9.06. The normalized spacial score (nSPS) is 10.5. The highest BCUT2D eigenvalue weighted by atomic mass is 16.5. The number of benzene rings is 2. The Morgan fingerprint density at radius 3 is 2.15 bits per heavy atom. The molecule has 0 saturated carbocycles. The molecule has 0 aliphatic carbocycles. The van der Waals surface area contributed by atoms with E-state index in [1.807, 2.05) is 48.7 Å². The number of carbonyl (C=O) groups excluding carboxylic acids is 1. The monoisotopic (exact) mass is 345 g/mol. The predicted molar refractivity (Wildman–Crippen MR) is 104 cm³/mol. The van der Waals surface area contributed by atoms with Gasteiger partial charge < -0.3 is 4.74 Å². The van der Waals surface area contributed by atoms with E-state index in [0.29, 0.717) is 11.3 Å². The molecule has 0 aliphatic heterocycles. The van der Waals surface area contributed by atoms with Gasteiger partial charge in [0, 0.05) is 11.8 Å². The van der Waals surface area contributed by atoms with Gasteiger partial charge in [-0.05, 0) is 54.3 Å². The number of ether oxygens (including phenoxy) is 1. The molecular formula is C23H23NO2. The Kier molecular flexibility index (Phi) is 5.80. The Bertz CT molecular complexity index is 850. The summed E-state index contributed by atoms with van der Waals surface area (Å²) in [7, 11) is 0. The third kappa shape index (κ3) is 4.37. The fraction of sp³-hybridized carbons (Fsp3) is 0.217. The van der Waals surface area contributed by atoms with E-state index in [-0.39, 0.29) is 5.97 Å². The van der Waals surface area contributed by atoms with Gasteiger partial charge in [-0.25, -0.2) is 4.79 Å². The molecule has 0 atom stereocenters. The summed E-state index contributed by atoms with van der Waals surface area (Å²) in [4.78, 5) is 16.8. The summed E-state index contributed by atoms with van der Waals surface area (Å²) in [5, 5.41) is 0. The van der Waals surface area contributed by atoms with E-state index in [1.165, 1.54) is 11.1 Å². The smallest absolute Gasteiger partial charge is 0.343 e. The van der Waals surface area contributed by atoms with Crippen molar-refractivity contribution in [2.45, 2.75) is 33.1 Å². The second-order valence-electron chi connectivity index (χ2n) is 6.27. The number of aryl methyl sites for hydroxylation is 2. The number of rotatable bonds is 6. The Morgan fingerprint density at radius 1 is 0.885 bits per heavy atom. The molecule has 0 unspecified atom stereocenters.